The molecule has 1 aliphatic rings. The summed E-state index contributed by atoms with van der Waals surface area (Å²) < 4.78 is 5.57. The van der Waals surface area contributed by atoms with Crippen molar-refractivity contribution >= 4 is 5.91 Å². The van der Waals surface area contributed by atoms with Crippen LogP contribution in [0.2, 0.25) is 0 Å². The molecule has 0 aromatic heterocycles. The van der Waals surface area contributed by atoms with Crippen LogP contribution in [-0.2, 0) is 9.53 Å². The van der Waals surface area contributed by atoms with E-state index in [1.54, 1.807) is 19.0 Å². The standard InChI is InChI=1S/C11H22N2O2/c1-8(10-6-5-7-15-10)12-9(2)11(14)13(3)4/h8-10,12H,5-7H2,1-4H3. The van der Waals surface area contributed by atoms with Crippen LogP contribution in [0, 0.1) is 0 Å². The monoisotopic (exact) mass is 214 g/mol. The Kier molecular flexibility index (Phi) is 4.54. The average Bonchev–Trinajstić information content (AvgIpc) is 2.68. The van der Waals surface area contributed by atoms with E-state index in [2.05, 4.69) is 12.2 Å². The van der Waals surface area contributed by atoms with Gasteiger partial charge in [0.25, 0.3) is 0 Å². The van der Waals surface area contributed by atoms with Crippen LogP contribution in [0.5, 0.6) is 0 Å². The van der Waals surface area contributed by atoms with Gasteiger partial charge in [-0.25, -0.2) is 0 Å². The fourth-order valence-electron chi connectivity index (χ4n) is 1.96. The Morgan fingerprint density at radius 1 is 1.47 bits per heavy atom. The summed E-state index contributed by atoms with van der Waals surface area (Å²) in [7, 11) is 3.55. The van der Waals surface area contributed by atoms with Crippen molar-refractivity contribution < 1.29 is 9.53 Å². The highest BCUT2D eigenvalue weighted by atomic mass is 16.5. The third-order valence-corrected chi connectivity index (χ3v) is 2.85. The van der Waals surface area contributed by atoms with Crippen LogP contribution in [0.25, 0.3) is 0 Å². The predicted molar refractivity (Wildman–Crippen MR) is 59.7 cm³/mol. The third kappa shape index (κ3) is 3.47. The number of nitrogens with one attached hydrogen (secondary N) is 1. The number of amides is 1. The quantitative estimate of drug-likeness (QED) is 0.746. The van der Waals surface area contributed by atoms with Gasteiger partial charge in [-0.15, -0.1) is 0 Å². The molecule has 88 valence electrons. The molecule has 0 spiro atoms. The summed E-state index contributed by atoms with van der Waals surface area (Å²) in [6.07, 6.45) is 2.49. The van der Waals surface area contributed by atoms with Crippen molar-refractivity contribution in [1.29, 1.82) is 0 Å². The second-order valence-corrected chi connectivity index (χ2v) is 4.46. The van der Waals surface area contributed by atoms with E-state index in [4.69, 9.17) is 4.74 Å². The lowest BCUT2D eigenvalue weighted by atomic mass is 10.1. The van der Waals surface area contributed by atoms with Crippen molar-refractivity contribution in [3.05, 3.63) is 0 Å². The largest absolute Gasteiger partial charge is 0.377 e. The highest BCUT2D eigenvalue weighted by Crippen LogP contribution is 2.15. The molecule has 1 heterocycles. The van der Waals surface area contributed by atoms with Crippen LogP contribution in [-0.4, -0.2) is 49.7 Å². The van der Waals surface area contributed by atoms with Crippen molar-refractivity contribution in [2.75, 3.05) is 20.7 Å². The highest BCUT2D eigenvalue weighted by Gasteiger charge is 2.25. The SMILES string of the molecule is CC(NC(C)C1CCCO1)C(=O)N(C)C. The summed E-state index contributed by atoms with van der Waals surface area (Å²) in [5, 5.41) is 3.29. The highest BCUT2D eigenvalue weighted by molar-refractivity contribution is 5.80. The normalized spacial score (nSPS) is 24.9. The van der Waals surface area contributed by atoms with E-state index in [0.29, 0.717) is 0 Å². The first-order valence-electron chi connectivity index (χ1n) is 5.61. The van der Waals surface area contributed by atoms with Gasteiger partial charge in [-0.1, -0.05) is 0 Å². The Labute approximate surface area is 92.0 Å². The van der Waals surface area contributed by atoms with Crippen LogP contribution >= 0.6 is 0 Å². The fraction of sp³-hybridized carbons (Fsp3) is 0.909. The minimum atomic E-state index is -0.140. The van der Waals surface area contributed by atoms with Crippen LogP contribution in [0.3, 0.4) is 0 Å². The Morgan fingerprint density at radius 3 is 2.60 bits per heavy atom. The number of hydrogen-bond donors (Lipinski definition) is 1. The van der Waals surface area contributed by atoms with Crippen molar-refractivity contribution in [2.45, 2.75) is 44.9 Å². The summed E-state index contributed by atoms with van der Waals surface area (Å²) in [6, 6.07) is 0.102. The van der Waals surface area contributed by atoms with Gasteiger partial charge in [-0.2, -0.15) is 0 Å². The first-order valence-corrected chi connectivity index (χ1v) is 5.61. The van der Waals surface area contributed by atoms with E-state index in [1.807, 2.05) is 6.92 Å². The fourth-order valence-corrected chi connectivity index (χ4v) is 1.96. The van der Waals surface area contributed by atoms with E-state index in [0.717, 1.165) is 19.4 Å². The zero-order valence-electron chi connectivity index (χ0n) is 10.1. The molecule has 15 heavy (non-hydrogen) atoms. The van der Waals surface area contributed by atoms with Crippen LogP contribution in [0.4, 0.5) is 0 Å². The summed E-state index contributed by atoms with van der Waals surface area (Å²) >= 11 is 0. The van der Waals surface area contributed by atoms with Gasteiger partial charge in [0.15, 0.2) is 0 Å². The molecule has 0 radical (unpaired) electrons. The van der Waals surface area contributed by atoms with Gasteiger partial charge in [0.05, 0.1) is 12.1 Å². The van der Waals surface area contributed by atoms with Gasteiger partial charge < -0.3 is 15.0 Å². The number of ether oxygens (including phenoxy) is 1. The molecule has 0 aromatic rings. The van der Waals surface area contributed by atoms with Crippen molar-refractivity contribution in [3.63, 3.8) is 0 Å². The first-order chi connectivity index (χ1) is 7.02. The Morgan fingerprint density at radius 2 is 2.13 bits per heavy atom. The average molecular weight is 214 g/mol. The predicted octanol–water partition coefficient (Wildman–Crippen LogP) is 0.620. The van der Waals surface area contributed by atoms with E-state index >= 15 is 0 Å². The van der Waals surface area contributed by atoms with Crippen LogP contribution in [0.15, 0.2) is 0 Å². The summed E-state index contributed by atoms with van der Waals surface area (Å²) in [4.78, 5) is 13.2. The van der Waals surface area contributed by atoms with E-state index in [1.165, 1.54) is 0 Å². The van der Waals surface area contributed by atoms with E-state index < -0.39 is 0 Å². The maximum atomic E-state index is 11.6. The van der Waals surface area contributed by atoms with E-state index in [-0.39, 0.29) is 24.1 Å². The molecular formula is C11H22N2O2. The minimum Gasteiger partial charge on any atom is -0.377 e. The Balaban J connectivity index is 2.36. The van der Waals surface area contributed by atoms with Crippen LogP contribution in [0.1, 0.15) is 26.7 Å². The van der Waals surface area contributed by atoms with Gasteiger partial charge >= 0.3 is 0 Å². The molecule has 0 bridgehead atoms. The number of rotatable bonds is 4. The van der Waals surface area contributed by atoms with Crippen LogP contribution < -0.4 is 5.32 Å². The molecule has 0 saturated carbocycles. The summed E-state index contributed by atoms with van der Waals surface area (Å²) in [6.45, 7) is 4.83. The maximum absolute atomic E-state index is 11.6. The molecule has 4 heteroatoms. The molecular weight excluding hydrogens is 192 g/mol. The van der Waals surface area contributed by atoms with E-state index in [9.17, 15) is 4.79 Å². The van der Waals surface area contributed by atoms with Crippen molar-refractivity contribution in [1.82, 2.24) is 10.2 Å². The molecule has 3 unspecified atom stereocenters. The van der Waals surface area contributed by atoms with Gasteiger partial charge in [0, 0.05) is 26.7 Å². The van der Waals surface area contributed by atoms with Crippen molar-refractivity contribution in [3.8, 4) is 0 Å². The molecule has 1 aliphatic heterocycles. The Bertz CT molecular complexity index is 213. The zero-order valence-corrected chi connectivity index (χ0v) is 10.1. The summed E-state index contributed by atoms with van der Waals surface area (Å²) in [5.74, 6) is 0.111. The molecule has 1 saturated heterocycles. The smallest absolute Gasteiger partial charge is 0.238 e. The van der Waals surface area contributed by atoms with Gasteiger partial charge in [0.2, 0.25) is 5.91 Å². The van der Waals surface area contributed by atoms with Crippen molar-refractivity contribution in [2.24, 2.45) is 0 Å². The topological polar surface area (TPSA) is 41.6 Å². The summed E-state index contributed by atoms with van der Waals surface area (Å²) in [5.41, 5.74) is 0. The van der Waals surface area contributed by atoms with Gasteiger partial charge in [-0.05, 0) is 26.7 Å². The second-order valence-electron chi connectivity index (χ2n) is 4.46. The third-order valence-electron chi connectivity index (χ3n) is 2.85. The number of carbonyl (C=O) groups is 1. The maximum Gasteiger partial charge on any atom is 0.238 e. The first kappa shape index (κ1) is 12.5. The molecule has 1 rings (SSSR count). The number of hydrogen-bond acceptors (Lipinski definition) is 3. The lowest BCUT2D eigenvalue weighted by molar-refractivity contribution is -0.130. The lowest BCUT2D eigenvalue weighted by Crippen LogP contribution is -2.48. The molecule has 1 amide bonds. The minimum absolute atomic E-state index is 0.111. The number of nitrogens with zero attached hydrogens (tertiary/aromatic N) is 1. The molecule has 1 N–H and O–H groups in total. The van der Waals surface area contributed by atoms with Gasteiger partial charge in [-0.3, -0.25) is 4.79 Å². The van der Waals surface area contributed by atoms with Gasteiger partial charge in [0.1, 0.15) is 0 Å². The lowest BCUT2D eigenvalue weighted by Gasteiger charge is -2.25. The molecule has 4 nitrogen and oxygen atoms in total. The zero-order chi connectivity index (χ0) is 11.4. The molecule has 0 aromatic carbocycles. The molecule has 3 atom stereocenters. The Hall–Kier alpha value is -0.610. The molecule has 1 fully saturated rings. The number of carbonyl (C=O) groups excluding carboxylic acids is 1. The second kappa shape index (κ2) is 5.47. The molecule has 0 aliphatic carbocycles. The number of likely N-dealkylation sites (N-methyl/N-ethyl adjacent to an activating group) is 1.